The van der Waals surface area contributed by atoms with Crippen LogP contribution in [-0.4, -0.2) is 29.1 Å². The Morgan fingerprint density at radius 2 is 2.00 bits per heavy atom. The number of nitrogens with one attached hydrogen (secondary N) is 1. The number of aromatic hydroxyl groups is 1. The molecule has 0 aliphatic carbocycles. The van der Waals surface area contributed by atoms with Crippen LogP contribution in [0.4, 0.5) is 4.79 Å². The van der Waals surface area contributed by atoms with E-state index in [4.69, 9.17) is 4.74 Å². The SMILES string of the molecule is CC(=O)c1ccc(C#CCNC(=O)OC(C)(C)C)cc1O. The lowest BCUT2D eigenvalue weighted by Gasteiger charge is -2.18. The Kier molecular flexibility index (Phi) is 5.37. The van der Waals surface area contributed by atoms with Gasteiger partial charge in [0.25, 0.3) is 0 Å². The number of Topliss-reactive ketones (excluding diaryl/α,β-unsaturated/α-hetero) is 1. The van der Waals surface area contributed by atoms with Gasteiger partial charge in [0, 0.05) is 5.56 Å². The third kappa shape index (κ3) is 6.00. The summed E-state index contributed by atoms with van der Waals surface area (Å²) in [5.41, 5.74) is 0.266. The van der Waals surface area contributed by atoms with Crippen LogP contribution in [0.1, 0.15) is 43.6 Å². The molecular formula is C16H19NO4. The van der Waals surface area contributed by atoms with Crippen molar-refractivity contribution in [2.45, 2.75) is 33.3 Å². The molecule has 0 bridgehead atoms. The number of hydrogen-bond donors (Lipinski definition) is 2. The first-order chi connectivity index (χ1) is 9.69. The summed E-state index contributed by atoms with van der Waals surface area (Å²) in [6.45, 7) is 6.84. The molecule has 2 N–H and O–H groups in total. The molecule has 0 aliphatic heterocycles. The van der Waals surface area contributed by atoms with Crippen LogP contribution in [-0.2, 0) is 4.74 Å². The molecular weight excluding hydrogens is 270 g/mol. The second kappa shape index (κ2) is 6.80. The Morgan fingerprint density at radius 1 is 1.33 bits per heavy atom. The summed E-state index contributed by atoms with van der Waals surface area (Å²) in [6.07, 6.45) is -0.536. The Labute approximate surface area is 124 Å². The van der Waals surface area contributed by atoms with E-state index in [-0.39, 0.29) is 23.6 Å². The Balaban J connectivity index is 2.58. The maximum Gasteiger partial charge on any atom is 0.408 e. The van der Waals surface area contributed by atoms with E-state index in [1.165, 1.54) is 19.1 Å². The summed E-state index contributed by atoms with van der Waals surface area (Å²) in [6, 6.07) is 4.57. The molecule has 0 aliphatic rings. The second-order valence-corrected chi connectivity index (χ2v) is 5.45. The Morgan fingerprint density at radius 3 is 2.52 bits per heavy atom. The monoisotopic (exact) mass is 289 g/mol. The van der Waals surface area contributed by atoms with Gasteiger partial charge >= 0.3 is 6.09 Å². The van der Waals surface area contributed by atoms with E-state index < -0.39 is 11.7 Å². The standard InChI is InChI=1S/C16H19NO4/c1-11(18)13-8-7-12(10-14(13)19)6-5-9-17-15(20)21-16(2,3)4/h7-8,10,19H,9H2,1-4H3,(H,17,20). The smallest absolute Gasteiger partial charge is 0.408 e. The zero-order valence-corrected chi connectivity index (χ0v) is 12.6. The van der Waals surface area contributed by atoms with Crippen LogP contribution in [0.3, 0.4) is 0 Å². The van der Waals surface area contributed by atoms with E-state index in [9.17, 15) is 14.7 Å². The molecule has 1 aromatic carbocycles. The van der Waals surface area contributed by atoms with E-state index in [0.29, 0.717) is 5.56 Å². The fraction of sp³-hybridized carbons (Fsp3) is 0.375. The van der Waals surface area contributed by atoms with Gasteiger partial charge in [-0.25, -0.2) is 4.79 Å². The molecule has 0 spiro atoms. The lowest BCUT2D eigenvalue weighted by Crippen LogP contribution is -2.32. The van der Waals surface area contributed by atoms with Gasteiger partial charge < -0.3 is 15.2 Å². The van der Waals surface area contributed by atoms with Crippen LogP contribution in [0.25, 0.3) is 0 Å². The maximum absolute atomic E-state index is 11.4. The highest BCUT2D eigenvalue weighted by Gasteiger charge is 2.15. The summed E-state index contributed by atoms with van der Waals surface area (Å²) in [5, 5.41) is 12.2. The number of amides is 1. The van der Waals surface area contributed by atoms with Gasteiger partial charge in [-0.05, 0) is 45.9 Å². The minimum absolute atomic E-state index is 0.102. The molecule has 0 aromatic heterocycles. The average Bonchev–Trinajstić information content (AvgIpc) is 2.32. The molecule has 5 nitrogen and oxygen atoms in total. The molecule has 0 unspecified atom stereocenters. The minimum Gasteiger partial charge on any atom is -0.507 e. The molecule has 1 rings (SSSR count). The van der Waals surface area contributed by atoms with Crippen molar-refractivity contribution in [3.8, 4) is 17.6 Å². The molecule has 112 valence electrons. The van der Waals surface area contributed by atoms with Crippen LogP contribution in [0, 0.1) is 11.8 Å². The molecule has 21 heavy (non-hydrogen) atoms. The fourth-order valence-corrected chi connectivity index (χ4v) is 1.48. The van der Waals surface area contributed by atoms with Gasteiger partial charge in [-0.1, -0.05) is 11.8 Å². The number of alkyl carbamates (subject to hydrolysis) is 1. The Hall–Kier alpha value is -2.48. The quantitative estimate of drug-likeness (QED) is 0.648. The predicted molar refractivity (Wildman–Crippen MR) is 79.2 cm³/mol. The van der Waals surface area contributed by atoms with Crippen LogP contribution in [0.2, 0.25) is 0 Å². The van der Waals surface area contributed by atoms with Crippen molar-refractivity contribution in [1.82, 2.24) is 5.32 Å². The van der Waals surface area contributed by atoms with Crippen LogP contribution < -0.4 is 5.32 Å². The summed E-state index contributed by atoms with van der Waals surface area (Å²) in [5.74, 6) is 5.20. The third-order valence-corrected chi connectivity index (χ3v) is 2.33. The number of carbonyl (C=O) groups is 2. The van der Waals surface area contributed by atoms with Crippen molar-refractivity contribution in [1.29, 1.82) is 0 Å². The molecule has 0 saturated heterocycles. The van der Waals surface area contributed by atoms with Crippen molar-refractivity contribution in [3.63, 3.8) is 0 Å². The van der Waals surface area contributed by atoms with Crippen molar-refractivity contribution in [2.75, 3.05) is 6.54 Å². The topological polar surface area (TPSA) is 75.6 Å². The summed E-state index contributed by atoms with van der Waals surface area (Å²) < 4.78 is 5.06. The van der Waals surface area contributed by atoms with Crippen LogP contribution in [0.5, 0.6) is 5.75 Å². The highest BCUT2D eigenvalue weighted by molar-refractivity contribution is 5.96. The van der Waals surface area contributed by atoms with E-state index in [0.717, 1.165) is 0 Å². The first-order valence-corrected chi connectivity index (χ1v) is 6.49. The van der Waals surface area contributed by atoms with E-state index >= 15 is 0 Å². The normalized spacial score (nSPS) is 10.3. The van der Waals surface area contributed by atoms with Crippen molar-refractivity contribution >= 4 is 11.9 Å². The van der Waals surface area contributed by atoms with Gasteiger partial charge in [0.15, 0.2) is 5.78 Å². The highest BCUT2D eigenvalue weighted by atomic mass is 16.6. The van der Waals surface area contributed by atoms with Crippen LogP contribution >= 0.6 is 0 Å². The lowest BCUT2D eigenvalue weighted by atomic mass is 10.1. The first-order valence-electron chi connectivity index (χ1n) is 6.49. The van der Waals surface area contributed by atoms with Gasteiger partial charge in [0.1, 0.15) is 11.4 Å². The lowest BCUT2D eigenvalue weighted by molar-refractivity contribution is 0.0535. The van der Waals surface area contributed by atoms with Crippen LogP contribution in [0.15, 0.2) is 18.2 Å². The number of phenolic OH excluding ortho intramolecular Hbond substituents is 1. The van der Waals surface area contributed by atoms with Crippen molar-refractivity contribution in [2.24, 2.45) is 0 Å². The number of hydrogen-bond acceptors (Lipinski definition) is 4. The summed E-state index contributed by atoms with van der Waals surface area (Å²) >= 11 is 0. The average molecular weight is 289 g/mol. The zero-order chi connectivity index (χ0) is 16.0. The minimum atomic E-state index is -0.550. The molecule has 5 heteroatoms. The van der Waals surface area contributed by atoms with Crippen molar-refractivity contribution < 1.29 is 19.4 Å². The number of carbonyl (C=O) groups excluding carboxylic acids is 2. The first kappa shape index (κ1) is 16.6. The van der Waals surface area contributed by atoms with E-state index in [1.54, 1.807) is 26.8 Å². The van der Waals surface area contributed by atoms with Gasteiger partial charge in [-0.15, -0.1) is 0 Å². The number of benzene rings is 1. The van der Waals surface area contributed by atoms with Gasteiger partial charge in [0.2, 0.25) is 0 Å². The van der Waals surface area contributed by atoms with Gasteiger partial charge in [0.05, 0.1) is 12.1 Å². The molecule has 0 atom stereocenters. The molecule has 0 fully saturated rings. The fourth-order valence-electron chi connectivity index (χ4n) is 1.48. The van der Waals surface area contributed by atoms with Gasteiger partial charge in [-0.2, -0.15) is 0 Å². The third-order valence-electron chi connectivity index (χ3n) is 2.33. The van der Waals surface area contributed by atoms with Crippen molar-refractivity contribution in [3.05, 3.63) is 29.3 Å². The predicted octanol–water partition coefficient (Wildman–Crippen LogP) is 2.47. The largest absolute Gasteiger partial charge is 0.507 e. The molecule has 0 radical (unpaired) electrons. The van der Waals surface area contributed by atoms with E-state index in [1.807, 2.05) is 0 Å². The summed E-state index contributed by atoms with van der Waals surface area (Å²) in [7, 11) is 0. The maximum atomic E-state index is 11.4. The van der Waals surface area contributed by atoms with Gasteiger partial charge in [-0.3, -0.25) is 4.79 Å². The molecule has 0 heterocycles. The summed E-state index contributed by atoms with van der Waals surface area (Å²) in [4.78, 5) is 22.5. The zero-order valence-electron chi connectivity index (χ0n) is 12.6. The second-order valence-electron chi connectivity index (χ2n) is 5.45. The number of ether oxygens (including phenoxy) is 1. The Bertz CT molecular complexity index is 603. The molecule has 1 amide bonds. The number of ketones is 1. The number of rotatable bonds is 2. The number of phenols is 1. The molecule has 0 saturated carbocycles. The van der Waals surface area contributed by atoms with E-state index in [2.05, 4.69) is 17.2 Å². The highest BCUT2D eigenvalue weighted by Crippen LogP contribution is 2.18. The molecule has 1 aromatic rings.